The van der Waals surface area contributed by atoms with Gasteiger partial charge in [-0.15, -0.1) is 0 Å². The van der Waals surface area contributed by atoms with Crippen LogP contribution in [0.2, 0.25) is 0 Å². The summed E-state index contributed by atoms with van der Waals surface area (Å²) in [6.07, 6.45) is 0. The molecule has 0 aliphatic heterocycles. The summed E-state index contributed by atoms with van der Waals surface area (Å²) < 4.78 is 6.45. The number of aromatic nitrogens is 2. The van der Waals surface area contributed by atoms with Gasteiger partial charge in [0.2, 0.25) is 0 Å². The molecule has 34 heavy (non-hydrogen) atoms. The highest BCUT2D eigenvalue weighted by Crippen LogP contribution is 2.23. The van der Waals surface area contributed by atoms with Crippen LogP contribution in [0.5, 0.6) is 0 Å². The summed E-state index contributed by atoms with van der Waals surface area (Å²) >= 11 is 0. The summed E-state index contributed by atoms with van der Waals surface area (Å²) in [5.74, 6) is -0.987. The van der Waals surface area contributed by atoms with Gasteiger partial charge in [0.15, 0.2) is 6.61 Å². The SMILES string of the molecule is Cc1nc2ccccc2c(=O)n1-c1ccc(C(=O)OCC(=O)Nc2ccccc2[N+](=O)[O-])cc1. The van der Waals surface area contributed by atoms with Gasteiger partial charge in [0, 0.05) is 6.07 Å². The van der Waals surface area contributed by atoms with Crippen molar-refractivity contribution >= 4 is 34.2 Å². The first-order chi connectivity index (χ1) is 16.3. The fourth-order valence-corrected chi connectivity index (χ4v) is 3.43. The number of para-hydroxylation sites is 3. The fourth-order valence-electron chi connectivity index (χ4n) is 3.43. The third kappa shape index (κ3) is 4.51. The molecule has 4 rings (SSSR count). The molecule has 0 aliphatic rings. The van der Waals surface area contributed by atoms with E-state index in [0.29, 0.717) is 22.4 Å². The minimum Gasteiger partial charge on any atom is -0.452 e. The number of nitro benzene ring substituents is 1. The molecule has 170 valence electrons. The third-order valence-electron chi connectivity index (χ3n) is 5.01. The molecule has 4 aromatic rings. The number of amides is 1. The van der Waals surface area contributed by atoms with Crippen LogP contribution in [0.1, 0.15) is 16.2 Å². The number of anilines is 1. The minimum absolute atomic E-state index is 0.00251. The van der Waals surface area contributed by atoms with Crippen LogP contribution < -0.4 is 10.9 Å². The minimum atomic E-state index is -0.759. The quantitative estimate of drug-likeness (QED) is 0.266. The summed E-state index contributed by atoms with van der Waals surface area (Å²) in [6.45, 7) is 1.09. The van der Waals surface area contributed by atoms with Crippen LogP contribution in [0.3, 0.4) is 0 Å². The molecule has 0 atom stereocenters. The maximum absolute atomic E-state index is 12.9. The van der Waals surface area contributed by atoms with E-state index in [1.54, 1.807) is 43.3 Å². The monoisotopic (exact) mass is 458 g/mol. The zero-order chi connectivity index (χ0) is 24.2. The average molecular weight is 458 g/mol. The molecule has 1 N–H and O–H groups in total. The molecular weight excluding hydrogens is 440 g/mol. The molecule has 1 heterocycles. The zero-order valence-electron chi connectivity index (χ0n) is 17.9. The normalized spacial score (nSPS) is 10.6. The Balaban J connectivity index is 1.45. The Labute approximate surface area is 192 Å². The first-order valence-corrected chi connectivity index (χ1v) is 10.1. The van der Waals surface area contributed by atoms with Gasteiger partial charge in [-0.2, -0.15) is 0 Å². The topological polar surface area (TPSA) is 133 Å². The molecule has 1 amide bonds. The number of esters is 1. The van der Waals surface area contributed by atoms with E-state index in [9.17, 15) is 24.5 Å². The van der Waals surface area contributed by atoms with Crippen molar-refractivity contribution in [2.45, 2.75) is 6.92 Å². The molecule has 0 bridgehead atoms. The lowest BCUT2D eigenvalue weighted by Crippen LogP contribution is -2.22. The average Bonchev–Trinajstić information content (AvgIpc) is 2.83. The molecule has 0 unspecified atom stereocenters. The summed E-state index contributed by atoms with van der Waals surface area (Å²) in [6, 6.07) is 18.8. The second kappa shape index (κ2) is 9.33. The lowest BCUT2D eigenvalue weighted by molar-refractivity contribution is -0.383. The first kappa shape index (κ1) is 22.3. The van der Waals surface area contributed by atoms with E-state index in [1.165, 1.54) is 41.0 Å². The molecule has 0 fully saturated rings. The van der Waals surface area contributed by atoms with Gasteiger partial charge in [0.25, 0.3) is 17.2 Å². The Kier molecular flexibility index (Phi) is 6.13. The molecule has 0 saturated heterocycles. The van der Waals surface area contributed by atoms with Crippen LogP contribution in [0.15, 0.2) is 77.6 Å². The van der Waals surface area contributed by atoms with Crippen LogP contribution in [0, 0.1) is 17.0 Å². The van der Waals surface area contributed by atoms with Crippen molar-refractivity contribution in [3.63, 3.8) is 0 Å². The number of fused-ring (bicyclic) bond motifs is 1. The number of nitrogens with one attached hydrogen (secondary N) is 1. The predicted molar refractivity (Wildman–Crippen MR) is 124 cm³/mol. The second-order valence-electron chi connectivity index (χ2n) is 7.26. The maximum atomic E-state index is 12.9. The smallest absolute Gasteiger partial charge is 0.338 e. The summed E-state index contributed by atoms with van der Waals surface area (Å²) in [5, 5.41) is 13.9. The molecule has 0 spiro atoms. The van der Waals surface area contributed by atoms with Gasteiger partial charge >= 0.3 is 5.97 Å². The molecule has 10 nitrogen and oxygen atoms in total. The first-order valence-electron chi connectivity index (χ1n) is 10.1. The fraction of sp³-hybridized carbons (Fsp3) is 0.0833. The van der Waals surface area contributed by atoms with Gasteiger partial charge in [-0.1, -0.05) is 24.3 Å². The van der Waals surface area contributed by atoms with Gasteiger partial charge in [-0.25, -0.2) is 9.78 Å². The summed E-state index contributed by atoms with van der Waals surface area (Å²) in [4.78, 5) is 52.2. The van der Waals surface area contributed by atoms with E-state index in [1.807, 2.05) is 0 Å². The van der Waals surface area contributed by atoms with Crippen LogP contribution in [-0.4, -0.2) is 33.0 Å². The Morgan fingerprint density at radius 1 is 1.03 bits per heavy atom. The standard InChI is InChI=1S/C24H18N4O6/c1-15-25-19-7-3-2-6-18(19)23(30)27(15)17-12-10-16(11-13-17)24(31)34-14-22(29)26-20-8-4-5-9-21(20)28(32)33/h2-13H,14H2,1H3,(H,26,29). The highest BCUT2D eigenvalue weighted by Gasteiger charge is 2.17. The number of benzene rings is 3. The Bertz CT molecular complexity index is 1480. The number of carbonyl (C=O) groups is 2. The van der Waals surface area contributed by atoms with Crippen LogP contribution in [0.25, 0.3) is 16.6 Å². The van der Waals surface area contributed by atoms with Gasteiger partial charge < -0.3 is 10.1 Å². The van der Waals surface area contributed by atoms with Gasteiger partial charge in [0.1, 0.15) is 11.5 Å². The van der Waals surface area contributed by atoms with Crippen LogP contribution in [0.4, 0.5) is 11.4 Å². The molecule has 0 radical (unpaired) electrons. The third-order valence-corrected chi connectivity index (χ3v) is 5.01. The lowest BCUT2D eigenvalue weighted by Gasteiger charge is -2.11. The predicted octanol–water partition coefficient (Wildman–Crippen LogP) is 3.40. The van der Waals surface area contributed by atoms with E-state index in [4.69, 9.17) is 4.74 Å². The lowest BCUT2D eigenvalue weighted by atomic mass is 10.2. The number of ether oxygens (including phenoxy) is 1. The second-order valence-corrected chi connectivity index (χ2v) is 7.26. The summed E-state index contributed by atoms with van der Waals surface area (Å²) in [5.41, 5.74) is 0.785. The van der Waals surface area contributed by atoms with Crippen molar-refractivity contribution < 1.29 is 19.2 Å². The van der Waals surface area contributed by atoms with Crippen molar-refractivity contribution in [1.29, 1.82) is 0 Å². The Morgan fingerprint density at radius 2 is 1.71 bits per heavy atom. The van der Waals surface area contributed by atoms with Gasteiger partial charge in [-0.05, 0) is 49.4 Å². The van der Waals surface area contributed by atoms with Crippen molar-refractivity contribution in [2.75, 3.05) is 11.9 Å². The van der Waals surface area contributed by atoms with Crippen molar-refractivity contribution in [1.82, 2.24) is 9.55 Å². The number of nitro groups is 1. The zero-order valence-corrected chi connectivity index (χ0v) is 17.9. The Morgan fingerprint density at radius 3 is 2.44 bits per heavy atom. The number of aryl methyl sites for hydroxylation is 1. The number of carbonyl (C=O) groups excluding carboxylic acids is 2. The van der Waals surface area contributed by atoms with Crippen molar-refractivity contribution in [3.05, 3.63) is 105 Å². The highest BCUT2D eigenvalue weighted by molar-refractivity contribution is 5.96. The molecule has 3 aromatic carbocycles. The molecule has 10 heteroatoms. The molecule has 1 aromatic heterocycles. The molecule has 0 saturated carbocycles. The van der Waals surface area contributed by atoms with Gasteiger partial charge in [0.05, 0.1) is 27.1 Å². The van der Waals surface area contributed by atoms with Crippen LogP contribution >= 0.6 is 0 Å². The van der Waals surface area contributed by atoms with Crippen molar-refractivity contribution in [3.8, 4) is 5.69 Å². The van der Waals surface area contributed by atoms with E-state index >= 15 is 0 Å². The maximum Gasteiger partial charge on any atom is 0.338 e. The largest absolute Gasteiger partial charge is 0.452 e. The van der Waals surface area contributed by atoms with E-state index in [-0.39, 0.29) is 22.5 Å². The van der Waals surface area contributed by atoms with Crippen molar-refractivity contribution in [2.24, 2.45) is 0 Å². The number of nitrogens with zero attached hydrogens (tertiary/aromatic N) is 3. The highest BCUT2D eigenvalue weighted by atomic mass is 16.6. The molecular formula is C24H18N4O6. The number of hydrogen-bond donors (Lipinski definition) is 1. The molecule has 0 aliphatic carbocycles. The Hall–Kier alpha value is -4.86. The van der Waals surface area contributed by atoms with Crippen LogP contribution in [-0.2, 0) is 9.53 Å². The van der Waals surface area contributed by atoms with E-state index in [0.717, 1.165) is 0 Å². The van der Waals surface area contributed by atoms with E-state index < -0.39 is 23.4 Å². The van der Waals surface area contributed by atoms with E-state index in [2.05, 4.69) is 10.3 Å². The number of rotatable bonds is 6. The number of hydrogen-bond acceptors (Lipinski definition) is 7. The summed E-state index contributed by atoms with van der Waals surface area (Å²) in [7, 11) is 0. The van der Waals surface area contributed by atoms with Gasteiger partial charge in [-0.3, -0.25) is 24.3 Å².